The zero-order valence-electron chi connectivity index (χ0n) is 14.7. The maximum absolute atomic E-state index is 4.68. The molecule has 1 N–H and O–H groups in total. The topological polar surface area (TPSA) is 28.2 Å². The Bertz CT molecular complexity index is 825. The summed E-state index contributed by atoms with van der Waals surface area (Å²) in [7, 11) is 0. The SMILES string of the molecule is Cc1cccc2c1CB1C(CCc3cc4c(cn3)CN(S)C4)NC1C2. The summed E-state index contributed by atoms with van der Waals surface area (Å²) in [6.45, 7) is 4.92. The Balaban J connectivity index is 1.24. The number of aryl methyl sites for hydroxylation is 2. The number of hydrogen-bond donors (Lipinski definition) is 2. The molecule has 0 aliphatic carbocycles. The monoisotopic (exact) mass is 349 g/mol. The van der Waals surface area contributed by atoms with E-state index in [0.29, 0.717) is 11.9 Å². The Labute approximate surface area is 155 Å². The molecule has 0 amide bonds. The minimum Gasteiger partial charge on any atom is -0.325 e. The molecule has 1 fully saturated rings. The highest BCUT2D eigenvalue weighted by molar-refractivity contribution is 7.77. The zero-order chi connectivity index (χ0) is 17.0. The van der Waals surface area contributed by atoms with E-state index in [4.69, 9.17) is 0 Å². The lowest BCUT2D eigenvalue weighted by molar-refractivity contribution is 0.460. The molecule has 2 atom stereocenters. The molecule has 2 unspecified atom stereocenters. The van der Waals surface area contributed by atoms with Crippen molar-refractivity contribution in [1.82, 2.24) is 14.6 Å². The minimum atomic E-state index is 0.647. The van der Waals surface area contributed by atoms with E-state index >= 15 is 0 Å². The first-order valence-corrected chi connectivity index (χ1v) is 9.81. The first-order valence-electron chi connectivity index (χ1n) is 9.41. The predicted molar refractivity (Wildman–Crippen MR) is 106 cm³/mol. The van der Waals surface area contributed by atoms with Crippen molar-refractivity contribution in [3.8, 4) is 0 Å². The third kappa shape index (κ3) is 2.82. The van der Waals surface area contributed by atoms with Gasteiger partial charge in [-0.2, -0.15) is 0 Å². The van der Waals surface area contributed by atoms with Crippen LogP contribution in [0.1, 0.15) is 39.9 Å². The van der Waals surface area contributed by atoms with Crippen LogP contribution in [0.15, 0.2) is 30.5 Å². The van der Waals surface area contributed by atoms with Crippen LogP contribution in [0, 0.1) is 6.92 Å². The summed E-state index contributed by atoms with van der Waals surface area (Å²) in [6.07, 6.45) is 6.77. The van der Waals surface area contributed by atoms with Gasteiger partial charge in [0.2, 0.25) is 0 Å². The van der Waals surface area contributed by atoms with Crippen molar-refractivity contribution >= 4 is 19.5 Å². The van der Waals surface area contributed by atoms with Crippen molar-refractivity contribution in [3.05, 3.63) is 64.0 Å². The van der Waals surface area contributed by atoms with Crippen molar-refractivity contribution in [2.24, 2.45) is 0 Å². The van der Waals surface area contributed by atoms with E-state index in [-0.39, 0.29) is 0 Å². The fraction of sp³-hybridized carbons (Fsp3) is 0.450. The van der Waals surface area contributed by atoms with Crippen molar-refractivity contribution in [2.75, 3.05) is 0 Å². The summed E-state index contributed by atoms with van der Waals surface area (Å²) in [6, 6.07) is 9.07. The molecule has 0 bridgehead atoms. The molecule has 0 spiro atoms. The van der Waals surface area contributed by atoms with Crippen LogP contribution in [0.5, 0.6) is 0 Å². The number of rotatable bonds is 3. The van der Waals surface area contributed by atoms with Gasteiger partial charge in [-0.05, 0) is 78.3 Å². The Morgan fingerprint density at radius 2 is 2.16 bits per heavy atom. The van der Waals surface area contributed by atoms with E-state index in [9.17, 15) is 0 Å². The van der Waals surface area contributed by atoms with Gasteiger partial charge >= 0.3 is 0 Å². The van der Waals surface area contributed by atoms with Crippen molar-refractivity contribution in [3.63, 3.8) is 0 Å². The normalized spacial score (nSPS) is 24.5. The number of nitrogens with one attached hydrogen (secondary N) is 1. The molecular weight excluding hydrogens is 325 g/mol. The molecule has 3 aliphatic rings. The number of benzene rings is 1. The summed E-state index contributed by atoms with van der Waals surface area (Å²) in [4.78, 5) is 4.68. The van der Waals surface area contributed by atoms with Crippen LogP contribution in [0.2, 0.25) is 0 Å². The molecule has 4 heterocycles. The van der Waals surface area contributed by atoms with Crippen molar-refractivity contribution in [1.29, 1.82) is 0 Å². The van der Waals surface area contributed by atoms with Crippen LogP contribution in [-0.2, 0) is 32.3 Å². The fourth-order valence-electron chi connectivity index (χ4n) is 4.95. The van der Waals surface area contributed by atoms with Crippen LogP contribution in [0.3, 0.4) is 0 Å². The molecule has 0 saturated carbocycles. The molecule has 1 aromatic carbocycles. The summed E-state index contributed by atoms with van der Waals surface area (Å²) in [5.74, 6) is 1.33. The van der Waals surface area contributed by atoms with Crippen LogP contribution in [-0.4, -0.2) is 27.9 Å². The Morgan fingerprint density at radius 3 is 3.08 bits per heavy atom. The summed E-state index contributed by atoms with van der Waals surface area (Å²) >= 11 is 4.46. The molecule has 128 valence electrons. The second kappa shape index (κ2) is 6.15. The lowest BCUT2D eigenvalue weighted by atomic mass is 9.27. The number of hydrogen-bond acceptors (Lipinski definition) is 4. The molecule has 5 heteroatoms. The van der Waals surface area contributed by atoms with Gasteiger partial charge in [0.1, 0.15) is 0 Å². The molecular formula is C20H24BN3S. The van der Waals surface area contributed by atoms with E-state index < -0.39 is 0 Å². The molecule has 1 saturated heterocycles. The van der Waals surface area contributed by atoms with Gasteiger partial charge < -0.3 is 5.32 Å². The maximum atomic E-state index is 4.68. The van der Waals surface area contributed by atoms with E-state index in [1.807, 2.05) is 0 Å². The average molecular weight is 349 g/mol. The molecule has 25 heavy (non-hydrogen) atoms. The lowest BCUT2D eigenvalue weighted by Gasteiger charge is -2.48. The second-order valence-electron chi connectivity index (χ2n) is 7.97. The Kier molecular flexibility index (Phi) is 3.92. The van der Waals surface area contributed by atoms with E-state index in [2.05, 4.69) is 64.8 Å². The zero-order valence-corrected chi connectivity index (χ0v) is 15.6. The number of pyridine rings is 1. The van der Waals surface area contributed by atoms with Crippen molar-refractivity contribution in [2.45, 2.75) is 57.5 Å². The highest BCUT2D eigenvalue weighted by Gasteiger charge is 2.45. The second-order valence-corrected chi connectivity index (χ2v) is 8.54. The molecule has 0 radical (unpaired) electrons. The third-order valence-electron chi connectivity index (χ3n) is 6.41. The fourth-order valence-corrected chi connectivity index (χ4v) is 5.25. The standard InChI is InChI=1S/C20H24BN3S/c1-13-3-2-4-14-8-20-21(9-18(13)14)19(23-20)6-5-17-7-15-11-24(25)12-16(15)10-22-17/h2-4,7,10,19-20,23,25H,5-6,8-9,11-12H2,1H3. The third-order valence-corrected chi connectivity index (χ3v) is 6.69. The predicted octanol–water partition coefficient (Wildman–Crippen LogP) is 2.73. The smallest absolute Gasteiger partial charge is 0.184 e. The number of fused-ring (bicyclic) bond motifs is 3. The van der Waals surface area contributed by atoms with Gasteiger partial charge in [0.05, 0.1) is 0 Å². The Morgan fingerprint density at radius 1 is 1.28 bits per heavy atom. The lowest BCUT2D eigenvalue weighted by Crippen LogP contribution is -2.72. The quantitative estimate of drug-likeness (QED) is 0.659. The number of thiol groups is 1. The molecule has 3 aliphatic heterocycles. The van der Waals surface area contributed by atoms with Gasteiger partial charge in [-0.25, -0.2) is 4.31 Å². The van der Waals surface area contributed by atoms with E-state index in [1.165, 1.54) is 41.5 Å². The average Bonchev–Trinajstić information content (AvgIpc) is 2.95. The van der Waals surface area contributed by atoms with Crippen LogP contribution in [0.4, 0.5) is 0 Å². The summed E-state index contributed by atoms with van der Waals surface area (Å²) < 4.78 is 2.05. The molecule has 2 aromatic rings. The van der Waals surface area contributed by atoms with Crippen LogP contribution in [0.25, 0.3) is 0 Å². The van der Waals surface area contributed by atoms with Gasteiger partial charge in [-0.15, -0.1) is 0 Å². The van der Waals surface area contributed by atoms with Gasteiger partial charge in [0.15, 0.2) is 6.71 Å². The minimum absolute atomic E-state index is 0.647. The highest BCUT2D eigenvalue weighted by Crippen LogP contribution is 2.31. The number of nitrogens with zero attached hydrogens (tertiary/aromatic N) is 2. The van der Waals surface area contributed by atoms with Crippen molar-refractivity contribution < 1.29 is 0 Å². The van der Waals surface area contributed by atoms with Gasteiger partial charge in [0.25, 0.3) is 0 Å². The van der Waals surface area contributed by atoms with Gasteiger partial charge in [-0.1, -0.05) is 31.0 Å². The van der Waals surface area contributed by atoms with Crippen LogP contribution >= 0.6 is 12.8 Å². The summed E-state index contributed by atoms with van der Waals surface area (Å²) in [5.41, 5.74) is 8.61. The first kappa shape index (κ1) is 15.9. The maximum Gasteiger partial charge on any atom is 0.184 e. The molecule has 1 aromatic heterocycles. The highest BCUT2D eigenvalue weighted by atomic mass is 32.1. The van der Waals surface area contributed by atoms with Crippen LogP contribution < -0.4 is 5.32 Å². The Hall–Kier alpha value is -1.30. The van der Waals surface area contributed by atoms with E-state index in [1.54, 1.807) is 11.1 Å². The number of aromatic nitrogens is 1. The first-order chi connectivity index (χ1) is 12.2. The molecule has 3 nitrogen and oxygen atoms in total. The van der Waals surface area contributed by atoms with E-state index in [0.717, 1.165) is 26.2 Å². The summed E-state index contributed by atoms with van der Waals surface area (Å²) in [5, 5.41) is 3.82. The van der Waals surface area contributed by atoms with Gasteiger partial charge in [0, 0.05) is 25.0 Å². The van der Waals surface area contributed by atoms with Gasteiger partial charge in [-0.3, -0.25) is 4.98 Å². The molecule has 5 rings (SSSR count). The largest absolute Gasteiger partial charge is 0.325 e.